The predicted octanol–water partition coefficient (Wildman–Crippen LogP) is 1.78. The summed E-state index contributed by atoms with van der Waals surface area (Å²) in [5.41, 5.74) is 2.16. The summed E-state index contributed by atoms with van der Waals surface area (Å²) in [7, 11) is 0. The van der Waals surface area contributed by atoms with E-state index >= 15 is 0 Å². The van der Waals surface area contributed by atoms with E-state index in [1.165, 1.54) is 26.8 Å². The van der Waals surface area contributed by atoms with E-state index in [-0.39, 0.29) is 30.1 Å². The molecule has 30 heavy (non-hydrogen) atoms. The summed E-state index contributed by atoms with van der Waals surface area (Å²) in [6.45, 7) is 2.15. The summed E-state index contributed by atoms with van der Waals surface area (Å²) in [6, 6.07) is 7.78. The molecule has 0 bridgehead atoms. The van der Waals surface area contributed by atoms with Gasteiger partial charge >= 0.3 is 0 Å². The Balaban J connectivity index is 1.42. The van der Waals surface area contributed by atoms with E-state index in [1.807, 2.05) is 17.5 Å². The average molecular weight is 426 g/mol. The molecule has 0 aromatic carbocycles. The average Bonchev–Trinajstić information content (AvgIpc) is 3.29. The monoisotopic (exact) mass is 425 g/mol. The first-order valence-corrected chi connectivity index (χ1v) is 10.9. The third kappa shape index (κ3) is 4.25. The number of nitrogens with one attached hydrogen (secondary N) is 1. The lowest BCUT2D eigenvalue weighted by Gasteiger charge is -2.17. The van der Waals surface area contributed by atoms with Gasteiger partial charge in [-0.25, -0.2) is 9.36 Å². The Bertz CT molecular complexity index is 1170. The van der Waals surface area contributed by atoms with Gasteiger partial charge in [0.25, 0.3) is 11.1 Å². The molecule has 3 aromatic rings. The van der Waals surface area contributed by atoms with E-state index in [1.54, 1.807) is 19.1 Å². The molecule has 156 valence electrons. The van der Waals surface area contributed by atoms with Crippen molar-refractivity contribution in [2.75, 3.05) is 6.54 Å². The fourth-order valence-electron chi connectivity index (χ4n) is 3.56. The lowest BCUT2D eigenvalue weighted by molar-refractivity contribution is -0.124. The van der Waals surface area contributed by atoms with Gasteiger partial charge in [0.15, 0.2) is 0 Å². The Morgan fingerprint density at radius 3 is 2.80 bits per heavy atom. The van der Waals surface area contributed by atoms with Crippen molar-refractivity contribution >= 4 is 17.2 Å². The van der Waals surface area contributed by atoms with E-state index in [2.05, 4.69) is 15.5 Å². The summed E-state index contributed by atoms with van der Waals surface area (Å²) >= 11 is 1.52. The topological polar surface area (TPSA) is 98.9 Å². The van der Waals surface area contributed by atoms with E-state index in [0.717, 1.165) is 41.8 Å². The minimum Gasteiger partial charge on any atom is -0.352 e. The molecular formula is C21H23N5O3S. The smallest absolute Gasteiger partial charge is 0.267 e. The van der Waals surface area contributed by atoms with E-state index in [9.17, 15) is 14.4 Å². The van der Waals surface area contributed by atoms with Gasteiger partial charge in [-0.1, -0.05) is 6.07 Å². The normalized spacial score (nSPS) is 14.2. The Morgan fingerprint density at radius 2 is 2.00 bits per heavy atom. The van der Waals surface area contributed by atoms with Gasteiger partial charge < -0.3 is 5.32 Å². The van der Waals surface area contributed by atoms with Gasteiger partial charge in [-0.15, -0.1) is 11.3 Å². The summed E-state index contributed by atoms with van der Waals surface area (Å²) in [6.07, 6.45) is 3.96. The van der Waals surface area contributed by atoms with Crippen LogP contribution in [0.2, 0.25) is 0 Å². The molecule has 9 heteroatoms. The van der Waals surface area contributed by atoms with Crippen molar-refractivity contribution in [2.24, 2.45) is 0 Å². The third-order valence-electron chi connectivity index (χ3n) is 5.24. The van der Waals surface area contributed by atoms with Crippen LogP contribution >= 0.6 is 11.3 Å². The molecule has 0 spiro atoms. The molecule has 0 aliphatic heterocycles. The van der Waals surface area contributed by atoms with Crippen molar-refractivity contribution in [3.8, 4) is 10.6 Å². The van der Waals surface area contributed by atoms with Crippen LogP contribution in [0, 0.1) is 0 Å². The largest absolute Gasteiger partial charge is 0.352 e. The SMILES string of the molecule is CC(C(=O)NCCn1nc2c(cc1=O)CCCC2)n1nc(-c2cccs2)ccc1=O. The molecule has 8 nitrogen and oxygen atoms in total. The molecule has 1 unspecified atom stereocenters. The lowest BCUT2D eigenvalue weighted by Crippen LogP contribution is -2.39. The van der Waals surface area contributed by atoms with Crippen LogP contribution in [0.4, 0.5) is 0 Å². The molecule has 1 N–H and O–H groups in total. The minimum atomic E-state index is -0.773. The highest BCUT2D eigenvalue weighted by Crippen LogP contribution is 2.21. The summed E-state index contributed by atoms with van der Waals surface area (Å²) in [4.78, 5) is 38.0. The molecule has 0 saturated heterocycles. The number of aromatic nitrogens is 4. The molecule has 1 amide bonds. The number of aryl methyl sites for hydroxylation is 2. The maximum Gasteiger partial charge on any atom is 0.267 e. The number of amides is 1. The zero-order valence-corrected chi connectivity index (χ0v) is 17.5. The minimum absolute atomic E-state index is 0.153. The van der Waals surface area contributed by atoms with E-state index in [0.29, 0.717) is 5.69 Å². The van der Waals surface area contributed by atoms with Crippen molar-refractivity contribution < 1.29 is 4.79 Å². The van der Waals surface area contributed by atoms with Gasteiger partial charge in [0.1, 0.15) is 11.7 Å². The predicted molar refractivity (Wildman–Crippen MR) is 115 cm³/mol. The number of thiophene rings is 1. The summed E-state index contributed by atoms with van der Waals surface area (Å²) < 4.78 is 2.59. The van der Waals surface area contributed by atoms with Crippen LogP contribution in [0.3, 0.4) is 0 Å². The van der Waals surface area contributed by atoms with Crippen LogP contribution in [0.1, 0.15) is 37.1 Å². The lowest BCUT2D eigenvalue weighted by atomic mass is 9.97. The Hall–Kier alpha value is -3.07. The zero-order chi connectivity index (χ0) is 21.1. The molecule has 1 aliphatic rings. The quantitative estimate of drug-likeness (QED) is 0.649. The second kappa shape index (κ2) is 8.74. The van der Waals surface area contributed by atoms with Gasteiger partial charge in [-0.3, -0.25) is 14.4 Å². The maximum atomic E-state index is 12.6. The van der Waals surface area contributed by atoms with Gasteiger partial charge in [0.2, 0.25) is 5.91 Å². The number of carbonyl (C=O) groups is 1. The number of carbonyl (C=O) groups excluding carboxylic acids is 1. The molecule has 1 atom stereocenters. The van der Waals surface area contributed by atoms with E-state index < -0.39 is 6.04 Å². The fraction of sp³-hybridized carbons (Fsp3) is 0.381. The van der Waals surface area contributed by atoms with Crippen LogP contribution in [0.5, 0.6) is 0 Å². The van der Waals surface area contributed by atoms with Gasteiger partial charge in [0, 0.05) is 18.7 Å². The second-order valence-electron chi connectivity index (χ2n) is 7.33. The van der Waals surface area contributed by atoms with Crippen LogP contribution < -0.4 is 16.4 Å². The van der Waals surface area contributed by atoms with Crippen molar-refractivity contribution in [1.82, 2.24) is 24.9 Å². The number of fused-ring (bicyclic) bond motifs is 1. The summed E-state index contributed by atoms with van der Waals surface area (Å²) in [5, 5.41) is 13.5. The van der Waals surface area contributed by atoms with Crippen LogP contribution in [-0.4, -0.2) is 32.0 Å². The Kier molecular flexibility index (Phi) is 5.89. The third-order valence-corrected chi connectivity index (χ3v) is 6.13. The molecule has 3 heterocycles. The van der Waals surface area contributed by atoms with Crippen molar-refractivity contribution in [3.05, 3.63) is 67.7 Å². The van der Waals surface area contributed by atoms with Gasteiger partial charge in [0.05, 0.1) is 17.1 Å². The highest BCUT2D eigenvalue weighted by molar-refractivity contribution is 7.13. The molecule has 1 aliphatic carbocycles. The molecule has 3 aromatic heterocycles. The first-order chi connectivity index (χ1) is 14.5. The molecule has 4 rings (SSSR count). The molecule has 0 saturated carbocycles. The van der Waals surface area contributed by atoms with Crippen LogP contribution in [-0.2, 0) is 24.2 Å². The van der Waals surface area contributed by atoms with Crippen molar-refractivity contribution in [2.45, 2.75) is 45.2 Å². The number of nitrogens with zero attached hydrogens (tertiary/aromatic N) is 4. The first kappa shape index (κ1) is 20.2. The molecular weight excluding hydrogens is 402 g/mol. The first-order valence-electron chi connectivity index (χ1n) is 10.0. The fourth-order valence-corrected chi connectivity index (χ4v) is 4.25. The van der Waals surface area contributed by atoms with Crippen LogP contribution in [0.15, 0.2) is 45.3 Å². The summed E-state index contributed by atoms with van der Waals surface area (Å²) in [5.74, 6) is -0.334. The van der Waals surface area contributed by atoms with Crippen molar-refractivity contribution in [1.29, 1.82) is 0 Å². The van der Waals surface area contributed by atoms with Gasteiger partial charge in [-0.2, -0.15) is 10.2 Å². The van der Waals surface area contributed by atoms with E-state index in [4.69, 9.17) is 0 Å². The standard InChI is InChI=1S/C21H23N5O3S/c1-14(26-19(27)9-8-17(24-26)18-7-4-12-30-18)21(29)22-10-11-25-20(28)13-15-5-2-3-6-16(15)23-25/h4,7-9,12-14H,2-3,5-6,10-11H2,1H3,(H,22,29). The second-order valence-corrected chi connectivity index (χ2v) is 8.28. The highest BCUT2D eigenvalue weighted by atomic mass is 32.1. The maximum absolute atomic E-state index is 12.6. The van der Waals surface area contributed by atoms with Crippen molar-refractivity contribution in [3.63, 3.8) is 0 Å². The molecule has 0 fully saturated rings. The number of hydrogen-bond donors (Lipinski definition) is 1. The molecule has 0 radical (unpaired) electrons. The zero-order valence-electron chi connectivity index (χ0n) is 16.7. The number of rotatable bonds is 6. The highest BCUT2D eigenvalue weighted by Gasteiger charge is 2.18. The van der Waals surface area contributed by atoms with Crippen LogP contribution in [0.25, 0.3) is 10.6 Å². The van der Waals surface area contributed by atoms with Gasteiger partial charge in [-0.05, 0) is 55.7 Å². The Labute approximate surface area is 177 Å². The Morgan fingerprint density at radius 1 is 1.17 bits per heavy atom. The number of hydrogen-bond acceptors (Lipinski definition) is 6.